The van der Waals surface area contributed by atoms with Crippen LogP contribution < -0.4 is 15.9 Å². The second kappa shape index (κ2) is 9.03. The normalized spacial score (nSPS) is 12.6. The molecular formula is C39H20F5P. The van der Waals surface area contributed by atoms with Crippen molar-refractivity contribution < 1.29 is 22.0 Å². The number of hydrogen-bond donors (Lipinski definition) is 0. The quantitative estimate of drug-likeness (QED) is 0.0611. The van der Waals surface area contributed by atoms with E-state index >= 15 is 17.6 Å². The molecule has 0 unspecified atom stereocenters. The number of halogens is 5. The minimum Gasteiger partial charge on any atom is -0.203 e. The van der Waals surface area contributed by atoms with E-state index in [1.807, 2.05) is 97.1 Å². The molecule has 45 heavy (non-hydrogen) atoms. The van der Waals surface area contributed by atoms with Crippen LogP contribution in [-0.2, 0) is 0 Å². The molecule has 0 spiro atoms. The lowest BCUT2D eigenvalue weighted by Crippen LogP contribution is -2.33. The van der Waals surface area contributed by atoms with Crippen LogP contribution in [-0.4, -0.2) is 6.30 Å². The molecule has 0 aliphatic rings. The van der Waals surface area contributed by atoms with Gasteiger partial charge in [-0.2, -0.15) is 0 Å². The van der Waals surface area contributed by atoms with Crippen LogP contribution in [0.25, 0.3) is 64.6 Å². The fourth-order valence-electron chi connectivity index (χ4n) is 7.40. The lowest BCUT2D eigenvalue weighted by Gasteiger charge is -2.31. The van der Waals surface area contributed by atoms with Crippen LogP contribution in [0.5, 0.6) is 0 Å². The topological polar surface area (TPSA) is 0 Å². The van der Waals surface area contributed by atoms with Gasteiger partial charge in [0.1, 0.15) is 0 Å². The molecule has 9 rings (SSSR count). The van der Waals surface area contributed by atoms with Gasteiger partial charge >= 0.3 is 0 Å². The van der Waals surface area contributed by atoms with E-state index in [4.69, 9.17) is 0 Å². The Bertz CT molecular complexity index is 2530. The molecule has 0 heterocycles. The maximum atomic E-state index is 16.1. The molecular weight excluding hydrogens is 594 g/mol. The summed E-state index contributed by atoms with van der Waals surface area (Å²) >= 11 is 0. The lowest BCUT2D eigenvalue weighted by atomic mass is 9.94. The summed E-state index contributed by atoms with van der Waals surface area (Å²) in [5.41, 5.74) is 0. The highest BCUT2D eigenvalue weighted by atomic mass is 31.2. The molecule has 0 aliphatic heterocycles. The van der Waals surface area contributed by atoms with Crippen LogP contribution in [0, 0.1) is 29.1 Å². The Kier molecular flexibility index (Phi) is 5.30. The summed E-state index contributed by atoms with van der Waals surface area (Å²) in [5, 5.41) is 10.7. The Labute approximate surface area is 253 Å². The molecule has 0 N–H and O–H groups in total. The second-order valence-corrected chi connectivity index (χ2v) is 14.6. The van der Waals surface area contributed by atoms with Gasteiger partial charge in [0.2, 0.25) is 5.82 Å². The summed E-state index contributed by atoms with van der Waals surface area (Å²) in [5.74, 6) is -9.86. The molecule has 9 aromatic rings. The first-order valence-corrected chi connectivity index (χ1v) is 16.4. The molecule has 0 saturated carbocycles. The SMILES string of the molecule is C=P(c1c(F)c(F)c(F)c(F)c1F)(c1ccc2ccc3cccc4ccc1c2c34)c1ccc2ccc3cccc4ccc1c2c34. The first-order chi connectivity index (χ1) is 21.8. The van der Waals surface area contributed by atoms with E-state index in [0.717, 1.165) is 53.9 Å². The zero-order valence-electron chi connectivity index (χ0n) is 23.4. The van der Waals surface area contributed by atoms with E-state index in [1.165, 1.54) is 0 Å². The van der Waals surface area contributed by atoms with Gasteiger partial charge in [0.05, 0.1) is 5.30 Å². The third kappa shape index (κ3) is 3.31. The number of rotatable bonds is 3. The molecule has 216 valence electrons. The Balaban J connectivity index is 1.51. The predicted octanol–water partition coefficient (Wildman–Crippen LogP) is 9.90. The minimum absolute atomic E-state index is 0.437. The molecule has 0 radical (unpaired) electrons. The van der Waals surface area contributed by atoms with E-state index in [9.17, 15) is 4.39 Å². The van der Waals surface area contributed by atoms with Gasteiger partial charge in [0, 0.05) is 0 Å². The zero-order valence-corrected chi connectivity index (χ0v) is 24.3. The summed E-state index contributed by atoms with van der Waals surface area (Å²) in [6.45, 7) is -3.84. The van der Waals surface area contributed by atoms with Gasteiger partial charge in [0.25, 0.3) is 0 Å². The van der Waals surface area contributed by atoms with Crippen LogP contribution in [0.2, 0.25) is 0 Å². The highest BCUT2D eigenvalue weighted by molar-refractivity contribution is 7.94. The van der Waals surface area contributed by atoms with Gasteiger partial charge in [0.15, 0.2) is 23.3 Å². The van der Waals surface area contributed by atoms with Crippen LogP contribution in [0.1, 0.15) is 0 Å². The van der Waals surface area contributed by atoms with E-state index in [0.29, 0.717) is 21.4 Å². The summed E-state index contributed by atoms with van der Waals surface area (Å²) in [4.78, 5) is 0. The molecule has 0 aliphatic carbocycles. The Morgan fingerprint density at radius 2 is 0.667 bits per heavy atom. The fourth-order valence-corrected chi connectivity index (χ4v) is 10.9. The van der Waals surface area contributed by atoms with Gasteiger partial charge in [-0.1, -0.05) is 115 Å². The second-order valence-electron chi connectivity index (χ2n) is 11.6. The first kappa shape index (κ1) is 26.4. The van der Waals surface area contributed by atoms with Crippen molar-refractivity contribution in [2.75, 3.05) is 0 Å². The van der Waals surface area contributed by atoms with E-state index in [-0.39, 0.29) is 0 Å². The monoisotopic (exact) mass is 614 g/mol. The zero-order chi connectivity index (χ0) is 30.8. The maximum Gasteiger partial charge on any atom is 0.200 e. The van der Waals surface area contributed by atoms with E-state index < -0.39 is 41.3 Å². The van der Waals surface area contributed by atoms with Crippen molar-refractivity contribution in [3.05, 3.63) is 138 Å². The summed E-state index contributed by atoms with van der Waals surface area (Å²) in [6.07, 6.45) is 4.55. The van der Waals surface area contributed by atoms with Crippen molar-refractivity contribution in [2.45, 2.75) is 0 Å². The maximum absolute atomic E-state index is 16.1. The molecule has 6 heteroatoms. The molecule has 0 nitrogen and oxygen atoms in total. The molecule has 0 aromatic heterocycles. The summed E-state index contributed by atoms with van der Waals surface area (Å²) < 4.78 is 76.9. The Morgan fingerprint density at radius 3 is 1.07 bits per heavy atom. The molecule has 0 fully saturated rings. The van der Waals surface area contributed by atoms with Gasteiger partial charge in [-0.05, 0) is 82.1 Å². The third-order valence-electron chi connectivity index (χ3n) is 9.40. The molecule has 0 bridgehead atoms. The highest BCUT2D eigenvalue weighted by Gasteiger charge is 2.37. The van der Waals surface area contributed by atoms with Gasteiger partial charge in [-0.15, -0.1) is 0 Å². The first-order valence-electron chi connectivity index (χ1n) is 14.4. The number of hydrogen-bond acceptors (Lipinski definition) is 0. The summed E-state index contributed by atoms with van der Waals surface area (Å²) in [6, 6.07) is 34.7. The average molecular weight is 615 g/mol. The Hall–Kier alpha value is -4.99. The van der Waals surface area contributed by atoms with Crippen molar-refractivity contribution in [3.63, 3.8) is 0 Å². The molecule has 0 saturated heterocycles. The average Bonchev–Trinajstić information content (AvgIpc) is 3.07. The Morgan fingerprint density at radius 1 is 0.356 bits per heavy atom. The highest BCUT2D eigenvalue weighted by Crippen LogP contribution is 2.50. The summed E-state index contributed by atoms with van der Waals surface area (Å²) in [7, 11) is 0. The smallest absolute Gasteiger partial charge is 0.200 e. The van der Waals surface area contributed by atoms with E-state index in [1.54, 1.807) is 12.1 Å². The predicted molar refractivity (Wildman–Crippen MR) is 179 cm³/mol. The van der Waals surface area contributed by atoms with Crippen molar-refractivity contribution >= 4 is 93.7 Å². The van der Waals surface area contributed by atoms with Crippen molar-refractivity contribution in [1.29, 1.82) is 0 Å². The molecule has 0 atom stereocenters. The van der Waals surface area contributed by atoms with Crippen LogP contribution in [0.15, 0.2) is 109 Å². The standard InChI is InChI=1S/C39H20F5P/c1-45(39-37(43)35(41)34(40)36(42)38(39)44,28-18-14-24-10-8-20-4-2-6-22-12-16-26(28)32(24)30(20)22)29-19-15-25-11-9-21-5-3-7-23-13-17-27(29)33(25)31(21)23/h2-19H,1H2. The largest absolute Gasteiger partial charge is 0.203 e. The van der Waals surface area contributed by atoms with Crippen molar-refractivity contribution in [3.8, 4) is 0 Å². The third-order valence-corrected chi connectivity index (χ3v) is 13.0. The van der Waals surface area contributed by atoms with Gasteiger partial charge in [-0.3, -0.25) is 0 Å². The lowest BCUT2D eigenvalue weighted by molar-refractivity contribution is 0.384. The fraction of sp³-hybridized carbons (Fsp3) is 0. The van der Waals surface area contributed by atoms with Gasteiger partial charge < -0.3 is 0 Å². The molecule has 0 amide bonds. The van der Waals surface area contributed by atoms with Crippen LogP contribution in [0.3, 0.4) is 0 Å². The van der Waals surface area contributed by atoms with Crippen molar-refractivity contribution in [1.82, 2.24) is 0 Å². The molecule has 9 aromatic carbocycles. The van der Waals surface area contributed by atoms with Crippen LogP contribution in [0.4, 0.5) is 22.0 Å². The number of benzene rings is 9. The van der Waals surface area contributed by atoms with Gasteiger partial charge in [-0.25, -0.2) is 22.0 Å². The van der Waals surface area contributed by atoms with Crippen LogP contribution >= 0.6 is 6.89 Å². The van der Waals surface area contributed by atoms with E-state index in [2.05, 4.69) is 6.30 Å². The minimum atomic E-state index is -3.84. The van der Waals surface area contributed by atoms with Crippen molar-refractivity contribution in [2.24, 2.45) is 0 Å².